The monoisotopic (exact) mass is 354 g/mol. The van der Waals surface area contributed by atoms with Crippen LogP contribution in [-0.2, 0) is 0 Å². The second-order valence-corrected chi connectivity index (χ2v) is 5.63. The number of fused-ring (bicyclic) bond motifs is 1. The van der Waals surface area contributed by atoms with Crippen LogP contribution < -0.4 is 10.2 Å². The average molecular weight is 354 g/mol. The van der Waals surface area contributed by atoms with Crippen molar-refractivity contribution in [2.75, 3.05) is 11.9 Å². The number of hydrogen-bond acceptors (Lipinski definition) is 6. The van der Waals surface area contributed by atoms with E-state index in [1.807, 2.05) is 0 Å². The van der Waals surface area contributed by atoms with Gasteiger partial charge in [-0.15, -0.1) is 0 Å². The van der Waals surface area contributed by atoms with E-state index in [0.717, 1.165) is 0 Å². The number of carbonyl (C=O) groups excluding carboxylic acids is 1. The molecule has 1 atom stereocenters. The van der Waals surface area contributed by atoms with Gasteiger partial charge in [-0.05, 0) is 12.1 Å². The predicted molar refractivity (Wildman–Crippen MR) is 94.9 cm³/mol. The van der Waals surface area contributed by atoms with Gasteiger partial charge in [-0.1, -0.05) is 30.3 Å². The summed E-state index contributed by atoms with van der Waals surface area (Å²) in [4.78, 5) is 35.3. The van der Waals surface area contributed by atoms with Crippen LogP contribution in [0.25, 0.3) is 6.08 Å². The second kappa shape index (κ2) is 6.63. The van der Waals surface area contributed by atoms with E-state index in [0.29, 0.717) is 11.3 Å². The number of para-hydroxylation sites is 2. The summed E-state index contributed by atoms with van der Waals surface area (Å²) in [7, 11) is 1.61. The van der Waals surface area contributed by atoms with Gasteiger partial charge in [-0.2, -0.15) is 0 Å². The molecule has 1 N–H and O–H groups in total. The minimum atomic E-state index is -0.684. The molecule has 1 aliphatic heterocycles. The number of benzene rings is 2. The van der Waals surface area contributed by atoms with Gasteiger partial charge in [0, 0.05) is 24.7 Å². The number of nitrogens with zero attached hydrogens (tertiary/aromatic N) is 3. The molecular formula is C17H14N4O5. The van der Waals surface area contributed by atoms with Crippen LogP contribution in [0.2, 0.25) is 0 Å². The van der Waals surface area contributed by atoms with Crippen molar-refractivity contribution < 1.29 is 14.6 Å². The van der Waals surface area contributed by atoms with E-state index in [-0.39, 0.29) is 16.9 Å². The van der Waals surface area contributed by atoms with Crippen LogP contribution in [0, 0.1) is 20.2 Å². The lowest BCUT2D eigenvalue weighted by atomic mass is 10.0. The van der Waals surface area contributed by atoms with Crippen molar-refractivity contribution >= 4 is 29.0 Å². The zero-order chi connectivity index (χ0) is 18.8. The van der Waals surface area contributed by atoms with Crippen molar-refractivity contribution in [1.82, 2.24) is 5.32 Å². The van der Waals surface area contributed by atoms with E-state index in [1.54, 1.807) is 36.2 Å². The van der Waals surface area contributed by atoms with Gasteiger partial charge in [0.15, 0.2) is 0 Å². The normalized spacial score (nSPS) is 15.3. The van der Waals surface area contributed by atoms with Crippen LogP contribution in [0.4, 0.5) is 17.1 Å². The first kappa shape index (κ1) is 17.1. The van der Waals surface area contributed by atoms with Gasteiger partial charge in [-0.25, -0.2) is 0 Å². The summed E-state index contributed by atoms with van der Waals surface area (Å²) in [5.74, 6) is -0.638. The summed E-state index contributed by atoms with van der Waals surface area (Å²) in [6, 6.07) is 10.3. The highest BCUT2D eigenvalue weighted by Crippen LogP contribution is 2.35. The molecule has 0 aromatic heterocycles. The molecule has 0 radical (unpaired) electrons. The van der Waals surface area contributed by atoms with Crippen molar-refractivity contribution in [3.05, 3.63) is 79.9 Å². The Bertz CT molecular complexity index is 941. The van der Waals surface area contributed by atoms with Crippen LogP contribution in [0.15, 0.2) is 48.5 Å². The summed E-state index contributed by atoms with van der Waals surface area (Å²) < 4.78 is 0. The first-order valence-corrected chi connectivity index (χ1v) is 7.63. The molecule has 9 nitrogen and oxygen atoms in total. The van der Waals surface area contributed by atoms with Crippen molar-refractivity contribution in [2.24, 2.45) is 0 Å². The number of rotatable bonds is 4. The minimum absolute atomic E-state index is 0.0762. The first-order chi connectivity index (χ1) is 12.4. The Morgan fingerprint density at radius 3 is 2.38 bits per heavy atom. The van der Waals surface area contributed by atoms with Crippen molar-refractivity contribution in [3.63, 3.8) is 0 Å². The molecule has 1 aliphatic rings. The van der Waals surface area contributed by atoms with E-state index < -0.39 is 21.9 Å². The van der Waals surface area contributed by atoms with Gasteiger partial charge in [0.2, 0.25) is 0 Å². The Balaban J connectivity index is 1.91. The number of likely N-dealkylation sites (N-methyl/N-ethyl adjacent to an activating group) is 1. The van der Waals surface area contributed by atoms with Crippen molar-refractivity contribution in [2.45, 2.75) is 6.17 Å². The fourth-order valence-corrected chi connectivity index (χ4v) is 2.86. The molecule has 2 aromatic rings. The molecular weight excluding hydrogens is 340 g/mol. The molecule has 0 saturated carbocycles. The fourth-order valence-electron chi connectivity index (χ4n) is 2.86. The van der Waals surface area contributed by atoms with Gasteiger partial charge in [0.1, 0.15) is 17.4 Å². The fraction of sp³-hybridized carbons (Fsp3) is 0.118. The summed E-state index contributed by atoms with van der Waals surface area (Å²) in [5.41, 5.74) is 0.552. The van der Waals surface area contributed by atoms with E-state index in [4.69, 9.17) is 0 Å². The highest BCUT2D eigenvalue weighted by molar-refractivity contribution is 5.99. The molecule has 1 heterocycles. The molecule has 0 bridgehead atoms. The van der Waals surface area contributed by atoms with Crippen LogP contribution in [0.3, 0.4) is 0 Å². The van der Waals surface area contributed by atoms with Gasteiger partial charge in [0.25, 0.3) is 17.3 Å². The molecule has 0 aliphatic carbocycles. The Kier molecular flexibility index (Phi) is 4.36. The third kappa shape index (κ3) is 2.97. The SMILES string of the molecule is CN1c2c(cccc2[N+](=O)[O-])C=CC1NC(=O)c1ccccc1[N+](=O)[O-]. The topological polar surface area (TPSA) is 119 Å². The van der Waals surface area contributed by atoms with Crippen molar-refractivity contribution in [3.8, 4) is 0 Å². The minimum Gasteiger partial charge on any atom is -0.345 e. The maximum atomic E-state index is 12.5. The summed E-state index contributed by atoms with van der Waals surface area (Å²) in [6.45, 7) is 0. The lowest BCUT2D eigenvalue weighted by Gasteiger charge is -2.32. The third-order valence-electron chi connectivity index (χ3n) is 4.10. The summed E-state index contributed by atoms with van der Waals surface area (Å²) in [5, 5.41) is 25.0. The van der Waals surface area contributed by atoms with Crippen LogP contribution >= 0.6 is 0 Å². The van der Waals surface area contributed by atoms with Crippen LogP contribution in [0.1, 0.15) is 15.9 Å². The number of nitro groups is 2. The number of nitrogens with one attached hydrogen (secondary N) is 1. The number of hydrogen-bond donors (Lipinski definition) is 1. The number of carbonyl (C=O) groups is 1. The van der Waals surface area contributed by atoms with Crippen LogP contribution in [0.5, 0.6) is 0 Å². The quantitative estimate of drug-likeness (QED) is 0.666. The number of amides is 1. The van der Waals surface area contributed by atoms with Gasteiger partial charge in [-0.3, -0.25) is 25.0 Å². The lowest BCUT2D eigenvalue weighted by molar-refractivity contribution is -0.385. The molecule has 132 valence electrons. The van der Waals surface area contributed by atoms with E-state index >= 15 is 0 Å². The molecule has 2 aromatic carbocycles. The second-order valence-electron chi connectivity index (χ2n) is 5.63. The van der Waals surface area contributed by atoms with Crippen LogP contribution in [-0.4, -0.2) is 29.0 Å². The Morgan fingerprint density at radius 1 is 1.04 bits per heavy atom. The molecule has 3 rings (SSSR count). The Labute approximate surface area is 147 Å². The largest absolute Gasteiger partial charge is 0.345 e. The first-order valence-electron chi connectivity index (χ1n) is 7.63. The van der Waals surface area contributed by atoms with Gasteiger partial charge < -0.3 is 10.2 Å². The van der Waals surface area contributed by atoms with E-state index in [1.165, 1.54) is 30.3 Å². The summed E-state index contributed by atoms with van der Waals surface area (Å²) in [6.07, 6.45) is 2.65. The van der Waals surface area contributed by atoms with E-state index in [2.05, 4.69) is 5.32 Å². The molecule has 26 heavy (non-hydrogen) atoms. The van der Waals surface area contributed by atoms with Gasteiger partial charge >= 0.3 is 0 Å². The lowest BCUT2D eigenvalue weighted by Crippen LogP contribution is -2.46. The Morgan fingerprint density at radius 2 is 1.69 bits per heavy atom. The molecule has 9 heteroatoms. The summed E-state index contributed by atoms with van der Waals surface area (Å²) >= 11 is 0. The zero-order valence-corrected chi connectivity index (χ0v) is 13.7. The maximum Gasteiger partial charge on any atom is 0.293 e. The highest BCUT2D eigenvalue weighted by atomic mass is 16.6. The molecule has 1 amide bonds. The molecule has 1 unspecified atom stereocenters. The van der Waals surface area contributed by atoms with Gasteiger partial charge in [0.05, 0.1) is 9.85 Å². The smallest absolute Gasteiger partial charge is 0.293 e. The number of nitro benzene ring substituents is 2. The average Bonchev–Trinajstić information content (AvgIpc) is 2.63. The molecule has 0 spiro atoms. The molecule has 0 fully saturated rings. The standard InChI is InChI=1S/C17H14N4O5/c1-19-15(10-9-11-5-4-8-14(16(11)19)21(25)26)18-17(22)12-6-2-3-7-13(12)20(23)24/h2-10,15H,1H3,(H,18,22). The highest BCUT2D eigenvalue weighted by Gasteiger charge is 2.29. The molecule has 0 saturated heterocycles. The number of anilines is 1. The maximum absolute atomic E-state index is 12.5. The van der Waals surface area contributed by atoms with Crippen molar-refractivity contribution in [1.29, 1.82) is 0 Å². The zero-order valence-electron chi connectivity index (χ0n) is 13.7. The van der Waals surface area contributed by atoms with E-state index in [9.17, 15) is 25.0 Å². The predicted octanol–water partition coefficient (Wildman–Crippen LogP) is 2.72. The third-order valence-corrected chi connectivity index (χ3v) is 4.10. The Hall–Kier alpha value is -3.75.